The normalized spacial score (nSPS) is 17.1. The van der Waals surface area contributed by atoms with Crippen LogP contribution in [-0.4, -0.2) is 65.5 Å². The molecule has 1 unspecified atom stereocenters. The molecule has 1 aliphatic heterocycles. The molecule has 31 heavy (non-hydrogen) atoms. The summed E-state index contributed by atoms with van der Waals surface area (Å²) >= 11 is 3.07. The highest BCUT2D eigenvalue weighted by atomic mass is 32.2. The predicted octanol–water partition coefficient (Wildman–Crippen LogP) is 3.64. The zero-order valence-electron chi connectivity index (χ0n) is 17.3. The van der Waals surface area contributed by atoms with Crippen molar-refractivity contribution in [3.63, 3.8) is 0 Å². The highest BCUT2D eigenvalue weighted by Gasteiger charge is 2.33. The minimum Gasteiger partial charge on any atom is -0.361 e. The molecule has 0 aromatic carbocycles. The zero-order valence-corrected chi connectivity index (χ0v) is 18.9. The van der Waals surface area contributed by atoms with Crippen LogP contribution in [0.25, 0.3) is 5.70 Å². The number of rotatable bonds is 8. The van der Waals surface area contributed by atoms with Gasteiger partial charge in [-0.3, -0.25) is 9.79 Å². The molecule has 0 saturated carbocycles. The molecule has 0 radical (unpaired) electrons. The number of alkyl halides is 2. The third-order valence-electron chi connectivity index (χ3n) is 4.68. The summed E-state index contributed by atoms with van der Waals surface area (Å²) in [6.45, 7) is 8.35. The lowest BCUT2D eigenvalue weighted by Gasteiger charge is -2.35. The lowest BCUT2D eigenvalue weighted by atomic mass is 10.1. The molecular formula is C20H24F2N6OS2. The highest BCUT2D eigenvalue weighted by Crippen LogP contribution is 2.28. The highest BCUT2D eigenvalue weighted by molar-refractivity contribution is 8.02. The predicted molar refractivity (Wildman–Crippen MR) is 123 cm³/mol. The van der Waals surface area contributed by atoms with E-state index >= 15 is 0 Å². The Kier molecular flexibility index (Phi) is 8.10. The second-order valence-corrected chi connectivity index (χ2v) is 8.89. The first-order valence-electron chi connectivity index (χ1n) is 9.63. The molecule has 1 aliphatic rings. The number of carbonyl (C=O) groups excluding carboxylic acids is 1. The Morgan fingerprint density at radius 3 is 2.94 bits per heavy atom. The van der Waals surface area contributed by atoms with Gasteiger partial charge >= 0.3 is 0 Å². The summed E-state index contributed by atoms with van der Waals surface area (Å²) in [5, 5.41) is 8.93. The van der Waals surface area contributed by atoms with Gasteiger partial charge in [0, 0.05) is 25.8 Å². The fourth-order valence-corrected chi connectivity index (χ4v) is 4.80. The molecule has 2 aromatic heterocycles. The minimum absolute atomic E-state index is 0.0867. The largest absolute Gasteiger partial charge is 0.361 e. The van der Waals surface area contributed by atoms with Crippen molar-refractivity contribution in [2.75, 3.05) is 30.8 Å². The van der Waals surface area contributed by atoms with Crippen LogP contribution in [0.3, 0.4) is 0 Å². The fourth-order valence-electron chi connectivity index (χ4n) is 3.16. The molecule has 1 amide bonds. The average molecular weight is 467 g/mol. The zero-order chi connectivity index (χ0) is 22.4. The van der Waals surface area contributed by atoms with E-state index in [1.807, 2.05) is 19.3 Å². The van der Waals surface area contributed by atoms with Gasteiger partial charge in [-0.05, 0) is 38.1 Å². The molecule has 0 spiro atoms. The number of aliphatic imine (C=N–C) groups is 1. The molecule has 2 aromatic rings. The fraction of sp³-hybridized carbons (Fsp3) is 0.400. The van der Waals surface area contributed by atoms with Crippen LogP contribution in [0.15, 0.2) is 28.7 Å². The lowest BCUT2D eigenvalue weighted by molar-refractivity contribution is 0.0126. The first-order valence-corrected chi connectivity index (χ1v) is 11.5. The maximum atomic E-state index is 13.2. The van der Waals surface area contributed by atoms with Crippen LogP contribution in [0.5, 0.6) is 0 Å². The van der Waals surface area contributed by atoms with E-state index in [0.717, 1.165) is 21.3 Å². The molecule has 3 heterocycles. The summed E-state index contributed by atoms with van der Waals surface area (Å²) in [6, 6.07) is 2.14. The Hall–Kier alpha value is -2.37. The maximum Gasteiger partial charge on any atom is 0.259 e. The van der Waals surface area contributed by atoms with Crippen molar-refractivity contribution < 1.29 is 13.6 Å². The molecule has 166 valence electrons. The van der Waals surface area contributed by atoms with Crippen LogP contribution in [0.1, 0.15) is 25.9 Å². The molecular weight excluding hydrogens is 442 g/mol. The second kappa shape index (κ2) is 10.8. The number of carbonyl (C=O) groups is 1. The van der Waals surface area contributed by atoms with Gasteiger partial charge in [-0.15, -0.1) is 23.1 Å². The SMILES string of the molecule is C=N/C(=C\SCNc1ccc(C(=O)N2CCNCC2C(F)F)cn1)c1sc(C)nc1C. The smallest absolute Gasteiger partial charge is 0.259 e. The topological polar surface area (TPSA) is 82.5 Å². The van der Waals surface area contributed by atoms with Crippen molar-refractivity contribution in [2.24, 2.45) is 4.99 Å². The number of nitrogens with zero attached hydrogens (tertiary/aromatic N) is 4. The summed E-state index contributed by atoms with van der Waals surface area (Å²) in [6.07, 6.45) is -1.18. The molecule has 1 fully saturated rings. The summed E-state index contributed by atoms with van der Waals surface area (Å²) < 4.78 is 26.4. The molecule has 3 rings (SSSR count). The van der Waals surface area contributed by atoms with Crippen molar-refractivity contribution in [3.8, 4) is 0 Å². The number of thiazole rings is 1. The van der Waals surface area contributed by atoms with Gasteiger partial charge in [0.1, 0.15) is 11.9 Å². The number of aromatic nitrogens is 2. The third kappa shape index (κ3) is 5.86. The van der Waals surface area contributed by atoms with Crippen molar-refractivity contribution in [1.29, 1.82) is 0 Å². The van der Waals surface area contributed by atoms with Gasteiger partial charge in [0.15, 0.2) is 0 Å². The van der Waals surface area contributed by atoms with E-state index in [-0.39, 0.29) is 13.1 Å². The Bertz CT molecular complexity index is 948. The number of anilines is 1. The second-order valence-electron chi connectivity index (χ2n) is 6.83. The first kappa shape index (κ1) is 23.3. The molecule has 0 bridgehead atoms. The number of piperazine rings is 1. The molecule has 2 N–H and O–H groups in total. The van der Waals surface area contributed by atoms with Crippen molar-refractivity contribution >= 4 is 47.2 Å². The summed E-state index contributed by atoms with van der Waals surface area (Å²) in [7, 11) is 0. The van der Waals surface area contributed by atoms with Crippen LogP contribution in [0.2, 0.25) is 0 Å². The van der Waals surface area contributed by atoms with Gasteiger partial charge in [-0.2, -0.15) is 0 Å². The minimum atomic E-state index is -2.59. The lowest BCUT2D eigenvalue weighted by Crippen LogP contribution is -2.56. The van der Waals surface area contributed by atoms with Gasteiger partial charge < -0.3 is 15.5 Å². The Balaban J connectivity index is 1.56. The van der Waals surface area contributed by atoms with Gasteiger partial charge in [0.05, 0.1) is 32.7 Å². The monoisotopic (exact) mass is 466 g/mol. The van der Waals surface area contributed by atoms with Crippen molar-refractivity contribution in [1.82, 2.24) is 20.2 Å². The van der Waals surface area contributed by atoms with Crippen LogP contribution < -0.4 is 10.6 Å². The van der Waals surface area contributed by atoms with Gasteiger partial charge in [0.2, 0.25) is 0 Å². The number of hydrogen-bond donors (Lipinski definition) is 2. The van der Waals surface area contributed by atoms with Gasteiger partial charge in [-0.1, -0.05) is 0 Å². The van der Waals surface area contributed by atoms with Crippen LogP contribution in [0, 0.1) is 13.8 Å². The van der Waals surface area contributed by atoms with Crippen molar-refractivity contribution in [3.05, 3.63) is 44.9 Å². The van der Waals surface area contributed by atoms with Crippen LogP contribution >= 0.6 is 23.1 Å². The number of pyridine rings is 1. The number of aryl methyl sites for hydroxylation is 2. The molecule has 1 saturated heterocycles. The number of amides is 1. The van der Waals surface area contributed by atoms with Crippen LogP contribution in [0.4, 0.5) is 14.6 Å². The number of halogens is 2. The maximum absolute atomic E-state index is 13.2. The Morgan fingerprint density at radius 2 is 2.32 bits per heavy atom. The quantitative estimate of drug-likeness (QED) is 0.351. The van der Waals surface area contributed by atoms with Gasteiger partial charge in [-0.25, -0.2) is 18.7 Å². The first-order chi connectivity index (χ1) is 14.9. The van der Waals surface area contributed by atoms with Crippen molar-refractivity contribution in [2.45, 2.75) is 26.3 Å². The standard InChI is InChI=1S/C20H24F2N6OS2/c1-12-18(31-13(2)27-12)15(23-3)10-30-11-26-17-5-4-14(8-25-17)20(29)28-7-6-24-9-16(28)19(21)22/h4-5,8,10,16,19,24H,3,6-7,9,11H2,1-2H3,(H,25,26)/b15-10-. The molecule has 1 atom stereocenters. The van der Waals surface area contributed by atoms with E-state index in [1.54, 1.807) is 23.5 Å². The van der Waals surface area contributed by atoms with Crippen LogP contribution in [-0.2, 0) is 0 Å². The molecule has 0 aliphatic carbocycles. The summed E-state index contributed by atoms with van der Waals surface area (Å²) in [5.74, 6) is 0.683. The number of thioether (sulfide) groups is 1. The average Bonchev–Trinajstić information content (AvgIpc) is 3.11. The van der Waals surface area contributed by atoms with E-state index in [1.165, 1.54) is 22.9 Å². The van der Waals surface area contributed by atoms with E-state index in [2.05, 4.69) is 32.3 Å². The third-order valence-corrected chi connectivity index (χ3v) is 6.48. The number of nitrogens with one attached hydrogen (secondary N) is 2. The summed E-state index contributed by atoms with van der Waals surface area (Å²) in [4.78, 5) is 27.6. The van der Waals surface area contributed by atoms with E-state index in [4.69, 9.17) is 0 Å². The summed E-state index contributed by atoms with van der Waals surface area (Å²) in [5.41, 5.74) is 1.99. The van der Waals surface area contributed by atoms with E-state index in [9.17, 15) is 13.6 Å². The number of hydrogen-bond acceptors (Lipinski definition) is 8. The Labute approximate surface area is 188 Å². The van der Waals surface area contributed by atoms with E-state index < -0.39 is 18.4 Å². The Morgan fingerprint density at radius 1 is 1.52 bits per heavy atom. The molecule has 11 heteroatoms. The van der Waals surface area contributed by atoms with Gasteiger partial charge in [0.25, 0.3) is 12.3 Å². The van der Waals surface area contributed by atoms with E-state index in [0.29, 0.717) is 23.8 Å². The molecule has 7 nitrogen and oxygen atoms in total.